The lowest BCUT2D eigenvalue weighted by Gasteiger charge is -2.03. The molecule has 1 N–H and O–H groups in total. The van der Waals surface area contributed by atoms with Crippen molar-refractivity contribution in [1.82, 2.24) is 4.72 Å². The van der Waals surface area contributed by atoms with Crippen LogP contribution in [0.5, 0.6) is 0 Å². The zero-order chi connectivity index (χ0) is 14.4. The molecule has 0 unspecified atom stereocenters. The molecule has 0 radical (unpaired) electrons. The molecule has 5 heteroatoms. The molecule has 0 saturated heterocycles. The van der Waals surface area contributed by atoms with Gasteiger partial charge in [-0.15, -0.1) is 0 Å². The number of hydrogen-bond acceptors (Lipinski definition) is 2. The Morgan fingerprint density at radius 3 is 2.30 bits per heavy atom. The minimum Gasteiger partial charge on any atom is -0.287 e. The Morgan fingerprint density at radius 2 is 1.65 bits per heavy atom. The summed E-state index contributed by atoms with van der Waals surface area (Å²) in [5.74, 6) is 0. The van der Waals surface area contributed by atoms with E-state index in [4.69, 9.17) is 0 Å². The molecule has 104 valence electrons. The summed E-state index contributed by atoms with van der Waals surface area (Å²) in [4.78, 5) is 0.241. The fourth-order valence-electron chi connectivity index (χ4n) is 1.63. The highest BCUT2D eigenvalue weighted by Gasteiger charge is 2.10. The summed E-state index contributed by atoms with van der Waals surface area (Å²) in [6.45, 7) is 0. The average Bonchev–Trinajstić information content (AvgIpc) is 2.45. The number of nitrogens with one attached hydrogen (secondary N) is 1. The summed E-state index contributed by atoms with van der Waals surface area (Å²) in [5, 5.41) is 0. The molecule has 0 atom stereocenters. The monoisotopic (exact) mass is 351 g/mol. The molecule has 0 aliphatic heterocycles. The smallest absolute Gasteiger partial charge is 0.261 e. The predicted molar refractivity (Wildman–Crippen MR) is 83.7 cm³/mol. The fourth-order valence-corrected chi connectivity index (χ4v) is 2.80. The Labute approximate surface area is 127 Å². The van der Waals surface area contributed by atoms with E-state index in [-0.39, 0.29) is 4.90 Å². The van der Waals surface area contributed by atoms with Crippen molar-refractivity contribution in [1.29, 1.82) is 0 Å². The Hall–Kier alpha value is -1.59. The standard InChI is InChI=1S/C15H14BrNO2S/c16-14-8-10-15(11-9-14)20(18,19)17-12-4-7-13-5-2-1-3-6-13/h1-6,8-12,17H,7H2. The predicted octanol–water partition coefficient (Wildman–Crippen LogP) is 3.48. The lowest BCUT2D eigenvalue weighted by Crippen LogP contribution is -2.17. The molecule has 2 rings (SSSR count). The molecule has 0 aromatic heterocycles. The van der Waals surface area contributed by atoms with Crippen molar-refractivity contribution >= 4 is 26.0 Å². The molecule has 0 amide bonds. The molecule has 20 heavy (non-hydrogen) atoms. The molecule has 0 aliphatic rings. The van der Waals surface area contributed by atoms with Gasteiger partial charge >= 0.3 is 0 Å². The lowest BCUT2D eigenvalue weighted by molar-refractivity contribution is 0.590. The first-order valence-electron chi connectivity index (χ1n) is 6.05. The number of sulfonamides is 1. The molecular weight excluding hydrogens is 338 g/mol. The normalized spacial score (nSPS) is 11.7. The van der Waals surface area contributed by atoms with Gasteiger partial charge in [0, 0.05) is 10.7 Å². The highest BCUT2D eigenvalue weighted by atomic mass is 79.9. The highest BCUT2D eigenvalue weighted by Crippen LogP contribution is 2.14. The molecule has 0 fully saturated rings. The van der Waals surface area contributed by atoms with Gasteiger partial charge in [-0.2, -0.15) is 0 Å². The third-order valence-electron chi connectivity index (χ3n) is 2.66. The number of halogens is 1. The molecule has 2 aromatic carbocycles. The number of hydrogen-bond donors (Lipinski definition) is 1. The van der Waals surface area contributed by atoms with E-state index in [0.717, 1.165) is 10.0 Å². The summed E-state index contributed by atoms with van der Waals surface area (Å²) >= 11 is 3.27. The topological polar surface area (TPSA) is 46.2 Å². The quantitative estimate of drug-likeness (QED) is 0.896. The van der Waals surface area contributed by atoms with Gasteiger partial charge in [0.15, 0.2) is 0 Å². The van der Waals surface area contributed by atoms with Gasteiger partial charge in [-0.25, -0.2) is 8.42 Å². The molecule has 0 heterocycles. The molecule has 0 bridgehead atoms. The highest BCUT2D eigenvalue weighted by molar-refractivity contribution is 9.10. The van der Waals surface area contributed by atoms with E-state index in [0.29, 0.717) is 6.42 Å². The Kier molecular flexibility index (Phi) is 4.98. The van der Waals surface area contributed by atoms with Crippen molar-refractivity contribution < 1.29 is 8.42 Å². The minimum absolute atomic E-state index is 0.241. The Bertz CT molecular complexity index is 680. The first kappa shape index (κ1) is 14.8. The maximum Gasteiger partial charge on any atom is 0.261 e. The summed E-state index contributed by atoms with van der Waals surface area (Å²) in [5.41, 5.74) is 1.13. The van der Waals surface area contributed by atoms with Crippen molar-refractivity contribution in [3.63, 3.8) is 0 Å². The number of rotatable bonds is 5. The number of allylic oxidation sites excluding steroid dienone is 1. The van der Waals surface area contributed by atoms with Gasteiger partial charge in [0.1, 0.15) is 0 Å². The van der Waals surface area contributed by atoms with Crippen molar-refractivity contribution in [2.75, 3.05) is 0 Å². The fraction of sp³-hybridized carbons (Fsp3) is 0.0667. The summed E-state index contributed by atoms with van der Waals surface area (Å²) in [6, 6.07) is 16.3. The molecule has 2 aromatic rings. The van der Waals surface area contributed by atoms with Crippen LogP contribution >= 0.6 is 15.9 Å². The maximum atomic E-state index is 12.0. The van der Waals surface area contributed by atoms with Crippen LogP contribution in [0.4, 0.5) is 0 Å². The Morgan fingerprint density at radius 1 is 1.00 bits per heavy atom. The van der Waals surface area contributed by atoms with Gasteiger partial charge in [-0.3, -0.25) is 4.72 Å². The van der Waals surface area contributed by atoms with E-state index in [9.17, 15) is 8.42 Å². The average molecular weight is 352 g/mol. The minimum atomic E-state index is -3.49. The third kappa shape index (κ3) is 4.21. The van der Waals surface area contributed by atoms with Crippen LogP contribution in [0.25, 0.3) is 0 Å². The van der Waals surface area contributed by atoms with E-state index in [1.165, 1.54) is 6.20 Å². The van der Waals surface area contributed by atoms with Gasteiger partial charge in [0.2, 0.25) is 0 Å². The van der Waals surface area contributed by atoms with Crippen LogP contribution in [0.2, 0.25) is 0 Å². The second-order valence-corrected chi connectivity index (χ2v) is 6.80. The van der Waals surface area contributed by atoms with Gasteiger partial charge in [0.05, 0.1) is 4.90 Å². The molecule has 0 saturated carbocycles. The van der Waals surface area contributed by atoms with Crippen LogP contribution in [0.1, 0.15) is 5.56 Å². The summed E-state index contributed by atoms with van der Waals surface area (Å²) in [7, 11) is -3.49. The number of benzene rings is 2. The van der Waals surface area contributed by atoms with Crippen LogP contribution in [0.3, 0.4) is 0 Å². The largest absolute Gasteiger partial charge is 0.287 e. The lowest BCUT2D eigenvalue weighted by atomic mass is 10.1. The van der Waals surface area contributed by atoms with E-state index in [1.807, 2.05) is 30.3 Å². The van der Waals surface area contributed by atoms with Crippen LogP contribution in [-0.4, -0.2) is 8.42 Å². The van der Waals surface area contributed by atoms with Crippen LogP contribution in [0, 0.1) is 0 Å². The first-order valence-corrected chi connectivity index (χ1v) is 8.32. The first-order chi connectivity index (χ1) is 9.58. The zero-order valence-corrected chi connectivity index (χ0v) is 13.1. The van der Waals surface area contributed by atoms with Crippen molar-refractivity contribution in [2.24, 2.45) is 0 Å². The van der Waals surface area contributed by atoms with Crippen molar-refractivity contribution in [2.45, 2.75) is 11.3 Å². The molecule has 3 nitrogen and oxygen atoms in total. The van der Waals surface area contributed by atoms with Gasteiger partial charge in [0.25, 0.3) is 10.0 Å². The zero-order valence-electron chi connectivity index (χ0n) is 10.7. The van der Waals surface area contributed by atoms with Crippen LogP contribution < -0.4 is 4.72 Å². The van der Waals surface area contributed by atoms with Crippen LogP contribution in [0.15, 0.2) is 76.2 Å². The molecule has 0 aliphatic carbocycles. The van der Waals surface area contributed by atoms with Gasteiger partial charge < -0.3 is 0 Å². The van der Waals surface area contributed by atoms with Crippen molar-refractivity contribution in [3.05, 3.63) is 76.9 Å². The van der Waals surface area contributed by atoms with Crippen LogP contribution in [-0.2, 0) is 16.4 Å². The SMILES string of the molecule is O=S(=O)(NC=CCc1ccccc1)c1ccc(Br)cc1. The van der Waals surface area contributed by atoms with Gasteiger partial charge in [-0.1, -0.05) is 52.3 Å². The van der Waals surface area contributed by atoms with Crippen molar-refractivity contribution in [3.8, 4) is 0 Å². The Balaban J connectivity index is 1.97. The molecular formula is C15H14BrNO2S. The summed E-state index contributed by atoms with van der Waals surface area (Å²) in [6.07, 6.45) is 3.93. The maximum absolute atomic E-state index is 12.0. The van der Waals surface area contributed by atoms with E-state index < -0.39 is 10.0 Å². The van der Waals surface area contributed by atoms with E-state index >= 15 is 0 Å². The van der Waals surface area contributed by atoms with E-state index in [2.05, 4.69) is 20.7 Å². The summed E-state index contributed by atoms with van der Waals surface area (Å²) < 4.78 is 27.2. The third-order valence-corrected chi connectivity index (χ3v) is 4.53. The molecule has 0 spiro atoms. The second kappa shape index (κ2) is 6.72. The van der Waals surface area contributed by atoms with Gasteiger partial charge in [-0.05, 0) is 36.2 Å². The van der Waals surface area contributed by atoms with E-state index in [1.54, 1.807) is 30.3 Å². The second-order valence-electron chi connectivity index (χ2n) is 4.17.